The van der Waals surface area contributed by atoms with Gasteiger partial charge in [-0.05, 0) is 68.3 Å². The molecular formula is C23H29N5O2. The molecule has 1 saturated heterocycles. The average Bonchev–Trinajstić information content (AvgIpc) is 3.16. The topological polar surface area (TPSA) is 66.5 Å². The van der Waals surface area contributed by atoms with E-state index in [4.69, 9.17) is 0 Å². The standard InChI is InChI=1S/C23H29N5O2/c1-4-18(3)28-23(30)27(16-24-28)20-7-5-19(6-8-20)25-11-13-26(14-12-25)21-9-10-22(29)17(2)15-21/h5-10,15-16,18,29H,4,11-14H2,1-3H3. The molecule has 1 unspecified atom stereocenters. The van der Waals surface area contributed by atoms with E-state index in [1.54, 1.807) is 17.0 Å². The maximum absolute atomic E-state index is 12.6. The minimum absolute atomic E-state index is 0.0895. The summed E-state index contributed by atoms with van der Waals surface area (Å²) < 4.78 is 3.14. The van der Waals surface area contributed by atoms with Crippen molar-refractivity contribution in [3.63, 3.8) is 0 Å². The molecule has 2 aromatic carbocycles. The number of anilines is 2. The molecule has 3 aromatic rings. The van der Waals surface area contributed by atoms with E-state index in [1.807, 2.05) is 45.0 Å². The van der Waals surface area contributed by atoms with Crippen LogP contribution in [0.25, 0.3) is 5.69 Å². The van der Waals surface area contributed by atoms with Crippen LogP contribution in [0.15, 0.2) is 53.6 Å². The van der Waals surface area contributed by atoms with Gasteiger partial charge in [0.15, 0.2) is 0 Å². The molecule has 1 N–H and O–H groups in total. The molecule has 1 fully saturated rings. The van der Waals surface area contributed by atoms with Gasteiger partial charge in [-0.25, -0.2) is 14.0 Å². The highest BCUT2D eigenvalue weighted by atomic mass is 16.3. The van der Waals surface area contributed by atoms with Crippen molar-refractivity contribution in [1.82, 2.24) is 14.3 Å². The predicted octanol–water partition coefficient (Wildman–Crippen LogP) is 3.35. The molecule has 1 aliphatic heterocycles. The van der Waals surface area contributed by atoms with Crippen molar-refractivity contribution >= 4 is 11.4 Å². The van der Waals surface area contributed by atoms with Gasteiger partial charge in [0.25, 0.3) is 0 Å². The summed E-state index contributed by atoms with van der Waals surface area (Å²) in [6.45, 7) is 9.67. The molecule has 0 bridgehead atoms. The molecule has 0 saturated carbocycles. The number of hydrogen-bond acceptors (Lipinski definition) is 5. The largest absolute Gasteiger partial charge is 0.508 e. The highest BCUT2D eigenvalue weighted by Gasteiger charge is 2.18. The number of piperazine rings is 1. The molecule has 1 aliphatic rings. The highest BCUT2D eigenvalue weighted by molar-refractivity contribution is 5.56. The lowest BCUT2D eigenvalue weighted by Gasteiger charge is -2.37. The highest BCUT2D eigenvalue weighted by Crippen LogP contribution is 2.25. The number of aromatic hydroxyl groups is 1. The fourth-order valence-electron chi connectivity index (χ4n) is 3.85. The first-order valence-corrected chi connectivity index (χ1v) is 10.5. The van der Waals surface area contributed by atoms with Gasteiger partial charge in [-0.15, -0.1) is 0 Å². The molecule has 0 amide bonds. The number of aromatic nitrogens is 3. The van der Waals surface area contributed by atoms with Gasteiger partial charge in [0.05, 0.1) is 11.7 Å². The third kappa shape index (κ3) is 3.79. The van der Waals surface area contributed by atoms with Crippen LogP contribution in [0.1, 0.15) is 31.9 Å². The number of aryl methyl sites for hydroxylation is 1. The second kappa shape index (κ2) is 8.26. The monoisotopic (exact) mass is 407 g/mol. The van der Waals surface area contributed by atoms with Crippen molar-refractivity contribution in [2.45, 2.75) is 33.2 Å². The van der Waals surface area contributed by atoms with Crippen LogP contribution >= 0.6 is 0 Å². The summed E-state index contributed by atoms with van der Waals surface area (Å²) in [6, 6.07) is 14.0. The summed E-state index contributed by atoms with van der Waals surface area (Å²) in [4.78, 5) is 17.3. The Labute approximate surface area is 176 Å². The smallest absolute Gasteiger partial charge is 0.350 e. The van der Waals surface area contributed by atoms with Crippen molar-refractivity contribution in [3.05, 3.63) is 64.8 Å². The Morgan fingerprint density at radius 2 is 1.53 bits per heavy atom. The van der Waals surface area contributed by atoms with Gasteiger partial charge in [-0.2, -0.15) is 5.10 Å². The Kier molecular flexibility index (Phi) is 5.53. The number of nitrogens with zero attached hydrogens (tertiary/aromatic N) is 5. The van der Waals surface area contributed by atoms with Crippen molar-refractivity contribution in [3.8, 4) is 11.4 Å². The van der Waals surface area contributed by atoms with Crippen LogP contribution in [0, 0.1) is 6.92 Å². The summed E-state index contributed by atoms with van der Waals surface area (Å²) in [7, 11) is 0. The Morgan fingerprint density at radius 1 is 0.967 bits per heavy atom. The Balaban J connectivity index is 1.44. The van der Waals surface area contributed by atoms with Crippen molar-refractivity contribution in [2.75, 3.05) is 36.0 Å². The maximum Gasteiger partial charge on any atom is 0.350 e. The van der Waals surface area contributed by atoms with Gasteiger partial charge in [0.1, 0.15) is 12.1 Å². The molecule has 1 aromatic heterocycles. The molecule has 30 heavy (non-hydrogen) atoms. The molecule has 1 atom stereocenters. The van der Waals surface area contributed by atoms with E-state index in [0.717, 1.165) is 55.2 Å². The SMILES string of the molecule is CCC(C)n1ncn(-c2ccc(N3CCN(c4ccc(O)c(C)c4)CC3)cc2)c1=O. The zero-order chi connectivity index (χ0) is 21.3. The van der Waals surface area contributed by atoms with Gasteiger partial charge >= 0.3 is 5.69 Å². The van der Waals surface area contributed by atoms with Crippen LogP contribution in [0.2, 0.25) is 0 Å². The predicted molar refractivity (Wildman–Crippen MR) is 120 cm³/mol. The second-order valence-corrected chi connectivity index (χ2v) is 7.95. The van der Waals surface area contributed by atoms with Crippen LogP contribution in [0.3, 0.4) is 0 Å². The van der Waals surface area contributed by atoms with Crippen molar-refractivity contribution < 1.29 is 5.11 Å². The maximum atomic E-state index is 12.6. The van der Waals surface area contributed by atoms with Crippen LogP contribution < -0.4 is 15.5 Å². The van der Waals surface area contributed by atoms with Crippen LogP contribution in [-0.4, -0.2) is 45.6 Å². The quantitative estimate of drug-likeness (QED) is 0.703. The van der Waals surface area contributed by atoms with E-state index >= 15 is 0 Å². The molecule has 7 nitrogen and oxygen atoms in total. The van der Waals surface area contributed by atoms with E-state index in [1.165, 1.54) is 4.68 Å². The van der Waals surface area contributed by atoms with E-state index in [0.29, 0.717) is 5.75 Å². The summed E-state index contributed by atoms with van der Waals surface area (Å²) in [5, 5.41) is 14.0. The molecule has 0 radical (unpaired) electrons. The number of phenolic OH excluding ortho intramolecular Hbond substituents is 1. The number of hydrogen-bond donors (Lipinski definition) is 1. The zero-order valence-electron chi connectivity index (χ0n) is 17.8. The number of rotatable bonds is 5. The van der Waals surface area contributed by atoms with Crippen molar-refractivity contribution in [2.24, 2.45) is 0 Å². The normalized spacial score (nSPS) is 15.4. The lowest BCUT2D eigenvalue weighted by atomic mass is 10.1. The minimum atomic E-state index is -0.102. The molecule has 0 aliphatic carbocycles. The lowest BCUT2D eigenvalue weighted by molar-refractivity contribution is 0.460. The first kappa shape index (κ1) is 20.1. The number of benzene rings is 2. The fraction of sp³-hybridized carbons (Fsp3) is 0.391. The van der Waals surface area contributed by atoms with Gasteiger partial charge in [0.2, 0.25) is 0 Å². The molecule has 4 rings (SSSR count). The summed E-state index contributed by atoms with van der Waals surface area (Å²) in [6.07, 6.45) is 2.47. The van der Waals surface area contributed by atoms with E-state index in [2.05, 4.69) is 27.0 Å². The fourth-order valence-corrected chi connectivity index (χ4v) is 3.85. The van der Waals surface area contributed by atoms with E-state index < -0.39 is 0 Å². The van der Waals surface area contributed by atoms with Gasteiger partial charge < -0.3 is 14.9 Å². The third-order valence-electron chi connectivity index (χ3n) is 6.02. The summed E-state index contributed by atoms with van der Waals surface area (Å²) >= 11 is 0. The Bertz CT molecular complexity index is 1060. The first-order valence-electron chi connectivity index (χ1n) is 10.5. The zero-order valence-corrected chi connectivity index (χ0v) is 17.8. The van der Waals surface area contributed by atoms with Crippen LogP contribution in [-0.2, 0) is 0 Å². The van der Waals surface area contributed by atoms with Crippen LogP contribution in [0.4, 0.5) is 11.4 Å². The molecular weight excluding hydrogens is 378 g/mol. The second-order valence-electron chi connectivity index (χ2n) is 7.95. The summed E-state index contributed by atoms with van der Waals surface area (Å²) in [5.74, 6) is 0.339. The van der Waals surface area contributed by atoms with Gasteiger partial charge in [0, 0.05) is 37.6 Å². The molecule has 7 heteroatoms. The van der Waals surface area contributed by atoms with E-state index in [-0.39, 0.29) is 11.7 Å². The minimum Gasteiger partial charge on any atom is -0.508 e. The Morgan fingerprint density at radius 3 is 2.13 bits per heavy atom. The Hall–Kier alpha value is -3.22. The molecule has 0 spiro atoms. The van der Waals surface area contributed by atoms with Gasteiger partial charge in [-0.1, -0.05) is 6.92 Å². The van der Waals surface area contributed by atoms with Gasteiger partial charge in [-0.3, -0.25) is 0 Å². The van der Waals surface area contributed by atoms with Crippen LogP contribution in [0.5, 0.6) is 5.75 Å². The molecule has 2 heterocycles. The summed E-state index contributed by atoms with van der Waals surface area (Å²) in [5.41, 5.74) is 3.93. The third-order valence-corrected chi connectivity index (χ3v) is 6.02. The van der Waals surface area contributed by atoms with Crippen molar-refractivity contribution in [1.29, 1.82) is 0 Å². The number of phenols is 1. The first-order chi connectivity index (χ1) is 14.5. The average molecular weight is 408 g/mol. The lowest BCUT2D eigenvalue weighted by Crippen LogP contribution is -2.46. The molecule has 158 valence electrons. The van der Waals surface area contributed by atoms with E-state index in [9.17, 15) is 9.90 Å².